The molecule has 0 unspecified atom stereocenters. The van der Waals surface area contributed by atoms with E-state index in [1.165, 1.54) is 103 Å². The zero-order valence-electron chi connectivity index (χ0n) is 28.0. The third-order valence-electron chi connectivity index (χ3n) is 8.39. The normalized spacial score (nSPS) is 11.4. The van der Waals surface area contributed by atoms with Crippen molar-refractivity contribution in [1.29, 1.82) is 0 Å². The maximum absolute atomic E-state index is 12.6. The Bertz CT molecular complexity index is 718. The van der Waals surface area contributed by atoms with E-state index >= 15 is 0 Å². The van der Waals surface area contributed by atoms with E-state index in [0.717, 1.165) is 39.3 Å². The second kappa shape index (κ2) is 26.7. The van der Waals surface area contributed by atoms with Crippen molar-refractivity contribution in [3.05, 3.63) is 35.4 Å². The molecular weight excluding hydrogens is 520 g/mol. The van der Waals surface area contributed by atoms with Crippen molar-refractivity contribution in [1.82, 2.24) is 20.4 Å². The van der Waals surface area contributed by atoms with Gasteiger partial charge in [0.05, 0.1) is 0 Å². The lowest BCUT2D eigenvalue weighted by Crippen LogP contribution is -2.36. The number of amides is 2. The number of nitrogens with one attached hydrogen (secondary N) is 2. The van der Waals surface area contributed by atoms with Gasteiger partial charge in [0.1, 0.15) is 0 Å². The van der Waals surface area contributed by atoms with Gasteiger partial charge in [0, 0.05) is 37.3 Å². The fourth-order valence-corrected chi connectivity index (χ4v) is 5.43. The van der Waals surface area contributed by atoms with E-state index in [1.54, 1.807) is 24.3 Å². The average molecular weight is 587 g/mol. The summed E-state index contributed by atoms with van der Waals surface area (Å²) in [7, 11) is 0. The molecule has 42 heavy (non-hydrogen) atoms. The Kier molecular flexibility index (Phi) is 24.2. The molecule has 0 spiro atoms. The summed E-state index contributed by atoms with van der Waals surface area (Å²) in [4.78, 5) is 30.1. The molecule has 1 aromatic carbocycles. The van der Waals surface area contributed by atoms with E-state index in [-0.39, 0.29) is 11.8 Å². The third-order valence-corrected chi connectivity index (χ3v) is 8.39. The molecule has 1 aromatic rings. The predicted octanol–water partition coefficient (Wildman–Crippen LogP) is 8.07. The van der Waals surface area contributed by atoms with Crippen molar-refractivity contribution in [3.63, 3.8) is 0 Å². The van der Waals surface area contributed by atoms with Crippen LogP contribution in [0.5, 0.6) is 0 Å². The van der Waals surface area contributed by atoms with Crippen LogP contribution in [0, 0.1) is 0 Å². The molecule has 0 aromatic heterocycles. The molecule has 2 N–H and O–H groups in total. The largest absolute Gasteiger partial charge is 0.351 e. The second-order valence-electron chi connectivity index (χ2n) is 11.9. The van der Waals surface area contributed by atoms with Crippen molar-refractivity contribution in [2.75, 3.05) is 52.4 Å². The smallest absolute Gasteiger partial charge is 0.251 e. The van der Waals surface area contributed by atoms with Crippen LogP contribution in [0.15, 0.2) is 24.3 Å². The topological polar surface area (TPSA) is 64.7 Å². The summed E-state index contributed by atoms with van der Waals surface area (Å²) in [6.45, 7) is 16.1. The number of carbonyl (C=O) groups is 2. The minimum Gasteiger partial charge on any atom is -0.351 e. The lowest BCUT2D eigenvalue weighted by molar-refractivity contribution is 0.0936. The molecule has 0 fully saturated rings. The number of carbonyl (C=O) groups excluding carboxylic acids is 2. The Labute approximate surface area is 259 Å². The summed E-state index contributed by atoms with van der Waals surface area (Å²) in [5.74, 6) is -0.158. The molecule has 0 bridgehead atoms. The number of likely N-dealkylation sites (N-methyl/N-ethyl adjacent to an activating group) is 2. The highest BCUT2D eigenvalue weighted by atomic mass is 16.2. The van der Waals surface area contributed by atoms with E-state index in [0.29, 0.717) is 24.2 Å². The van der Waals surface area contributed by atoms with Gasteiger partial charge in [-0.1, -0.05) is 118 Å². The van der Waals surface area contributed by atoms with Crippen LogP contribution in [0.2, 0.25) is 0 Å². The first-order chi connectivity index (χ1) is 20.5. The molecule has 6 heteroatoms. The Balaban J connectivity index is 2.22. The zero-order valence-corrected chi connectivity index (χ0v) is 28.0. The Morgan fingerprint density at radius 3 is 1.10 bits per heavy atom. The maximum atomic E-state index is 12.6. The summed E-state index contributed by atoms with van der Waals surface area (Å²) >= 11 is 0. The first-order valence-electron chi connectivity index (χ1n) is 17.7. The van der Waals surface area contributed by atoms with Crippen LogP contribution in [0.25, 0.3) is 0 Å². The molecule has 242 valence electrons. The maximum Gasteiger partial charge on any atom is 0.251 e. The van der Waals surface area contributed by atoms with Gasteiger partial charge in [-0.25, -0.2) is 0 Å². The van der Waals surface area contributed by atoms with Crippen molar-refractivity contribution in [3.8, 4) is 0 Å². The first-order valence-corrected chi connectivity index (χ1v) is 17.7. The summed E-state index contributed by atoms with van der Waals surface area (Å²) in [6.07, 6.45) is 21.3. The van der Waals surface area contributed by atoms with E-state index in [4.69, 9.17) is 0 Å². The van der Waals surface area contributed by atoms with Gasteiger partial charge >= 0.3 is 0 Å². The molecule has 0 aliphatic rings. The lowest BCUT2D eigenvalue weighted by atomic mass is 10.1. The van der Waals surface area contributed by atoms with Crippen molar-refractivity contribution in [2.24, 2.45) is 0 Å². The highest BCUT2D eigenvalue weighted by molar-refractivity contribution is 5.97. The van der Waals surface area contributed by atoms with Crippen LogP contribution in [-0.4, -0.2) is 74.0 Å². The van der Waals surface area contributed by atoms with E-state index in [1.807, 2.05) is 0 Å². The van der Waals surface area contributed by atoms with E-state index in [9.17, 15) is 9.59 Å². The molecule has 0 saturated heterocycles. The molecule has 0 heterocycles. The van der Waals surface area contributed by atoms with Crippen molar-refractivity contribution >= 4 is 11.8 Å². The minimum absolute atomic E-state index is 0.0790. The standard InChI is InChI=1S/C36H66N4O2/c1-5-9-11-13-15-17-19-21-29-39(7-3)31-27-37-35(41)33-23-25-34(26-24-33)36(42)38-28-32-40(8-4)30-22-20-18-16-14-12-10-6-2/h23-26H,5-22,27-32H2,1-4H3,(H,37,41)(H,38,42). The lowest BCUT2D eigenvalue weighted by Gasteiger charge is -2.20. The van der Waals surface area contributed by atoms with Crippen LogP contribution in [0.1, 0.15) is 151 Å². The van der Waals surface area contributed by atoms with Gasteiger partial charge in [0.25, 0.3) is 11.8 Å². The van der Waals surface area contributed by atoms with Crippen LogP contribution >= 0.6 is 0 Å². The summed E-state index contributed by atoms with van der Waals surface area (Å²) in [6, 6.07) is 7.01. The third kappa shape index (κ3) is 19.3. The monoisotopic (exact) mass is 587 g/mol. The quantitative estimate of drug-likeness (QED) is 0.0975. The number of nitrogens with zero attached hydrogens (tertiary/aromatic N) is 2. The van der Waals surface area contributed by atoms with Crippen molar-refractivity contribution < 1.29 is 9.59 Å². The van der Waals surface area contributed by atoms with E-state index < -0.39 is 0 Å². The fourth-order valence-electron chi connectivity index (χ4n) is 5.43. The van der Waals surface area contributed by atoms with Gasteiger partial charge in [-0.3, -0.25) is 9.59 Å². The molecule has 0 saturated carbocycles. The number of rotatable bonds is 28. The van der Waals surface area contributed by atoms with Crippen LogP contribution < -0.4 is 10.6 Å². The first kappa shape index (κ1) is 38.1. The highest BCUT2D eigenvalue weighted by Gasteiger charge is 2.10. The molecule has 0 aliphatic heterocycles. The molecule has 2 amide bonds. The number of hydrogen-bond donors (Lipinski definition) is 2. The predicted molar refractivity (Wildman–Crippen MR) is 181 cm³/mol. The Hall–Kier alpha value is -1.92. The second-order valence-corrected chi connectivity index (χ2v) is 11.9. The Morgan fingerprint density at radius 1 is 0.476 bits per heavy atom. The molecule has 0 aliphatic carbocycles. The highest BCUT2D eigenvalue weighted by Crippen LogP contribution is 2.10. The minimum atomic E-state index is -0.0790. The van der Waals surface area contributed by atoms with Crippen LogP contribution in [0.4, 0.5) is 0 Å². The molecule has 1 rings (SSSR count). The number of unbranched alkanes of at least 4 members (excludes halogenated alkanes) is 14. The van der Waals surface area contributed by atoms with E-state index in [2.05, 4.69) is 48.1 Å². The number of hydrogen-bond acceptors (Lipinski definition) is 4. The SMILES string of the molecule is CCCCCCCCCCN(CC)CCNC(=O)c1ccc(C(=O)NCCN(CC)CCCCCCCCCC)cc1. The number of benzene rings is 1. The molecule has 0 radical (unpaired) electrons. The van der Waals surface area contributed by atoms with Crippen LogP contribution in [-0.2, 0) is 0 Å². The van der Waals surface area contributed by atoms with Gasteiger partial charge < -0.3 is 20.4 Å². The van der Waals surface area contributed by atoms with Crippen LogP contribution in [0.3, 0.4) is 0 Å². The van der Waals surface area contributed by atoms with Gasteiger partial charge in [-0.2, -0.15) is 0 Å². The van der Waals surface area contributed by atoms with Gasteiger partial charge in [0.2, 0.25) is 0 Å². The fraction of sp³-hybridized carbons (Fsp3) is 0.778. The molecular formula is C36H66N4O2. The Morgan fingerprint density at radius 2 is 0.786 bits per heavy atom. The summed E-state index contributed by atoms with van der Waals surface area (Å²) in [5.41, 5.74) is 1.19. The molecule has 6 nitrogen and oxygen atoms in total. The van der Waals surface area contributed by atoms with Gasteiger partial charge in [-0.05, 0) is 63.3 Å². The average Bonchev–Trinajstić information content (AvgIpc) is 3.01. The van der Waals surface area contributed by atoms with Gasteiger partial charge in [-0.15, -0.1) is 0 Å². The van der Waals surface area contributed by atoms with Crippen molar-refractivity contribution in [2.45, 2.75) is 130 Å². The molecule has 0 atom stereocenters. The zero-order chi connectivity index (χ0) is 30.7. The summed E-state index contributed by atoms with van der Waals surface area (Å²) in [5, 5.41) is 6.09. The summed E-state index contributed by atoms with van der Waals surface area (Å²) < 4.78 is 0. The van der Waals surface area contributed by atoms with Gasteiger partial charge in [0.15, 0.2) is 0 Å².